The van der Waals surface area contributed by atoms with Crippen LogP contribution in [0, 0.1) is 5.82 Å². The Morgan fingerprint density at radius 2 is 1.55 bits per heavy atom. The largest absolute Gasteiger partial charge is 0.494 e. The smallest absolute Gasteiger partial charge is 0.339 e. The number of Topliss-reactive ketones (excluding diaryl/α,β-unsaturated/α-hetero) is 1. The first-order valence-electron chi connectivity index (χ1n) is 9.27. The molecule has 7 heteroatoms. The number of hydrogen-bond acceptors (Lipinski definition) is 6. The van der Waals surface area contributed by atoms with Crippen LogP contribution < -0.4 is 4.74 Å². The Morgan fingerprint density at radius 3 is 2.23 bits per heavy atom. The number of ketones is 3. The van der Waals surface area contributed by atoms with E-state index in [1.165, 1.54) is 43.5 Å². The Hall–Kier alpha value is -4.13. The first-order chi connectivity index (χ1) is 14.9. The molecular weight excluding hydrogens is 403 g/mol. The topological polar surface area (TPSA) is 86.7 Å². The summed E-state index contributed by atoms with van der Waals surface area (Å²) in [6.07, 6.45) is 0. The normalized spacial score (nSPS) is 12.1. The van der Waals surface area contributed by atoms with Crippen LogP contribution in [0.2, 0.25) is 0 Å². The van der Waals surface area contributed by atoms with Crippen molar-refractivity contribution >= 4 is 23.3 Å². The molecule has 0 aromatic heterocycles. The van der Waals surface area contributed by atoms with E-state index in [0.29, 0.717) is 0 Å². The van der Waals surface area contributed by atoms with Gasteiger partial charge in [-0.15, -0.1) is 0 Å². The molecule has 31 heavy (non-hydrogen) atoms. The molecule has 1 aliphatic carbocycles. The minimum atomic E-state index is -0.931. The van der Waals surface area contributed by atoms with Crippen LogP contribution in [0.15, 0.2) is 60.7 Å². The van der Waals surface area contributed by atoms with Gasteiger partial charge in [-0.25, -0.2) is 9.18 Å². The van der Waals surface area contributed by atoms with E-state index in [9.17, 15) is 23.6 Å². The molecule has 0 radical (unpaired) electrons. The van der Waals surface area contributed by atoms with Gasteiger partial charge in [-0.1, -0.05) is 36.4 Å². The Morgan fingerprint density at radius 1 is 0.871 bits per heavy atom. The summed E-state index contributed by atoms with van der Waals surface area (Å²) in [5.74, 6) is -3.15. The molecule has 0 unspecified atom stereocenters. The SMILES string of the molecule is COc1ccc(C(=O)COC(=O)c2cccc3c2C(=O)c2ccccc2C3=O)cc1F. The van der Waals surface area contributed by atoms with Gasteiger partial charge in [0, 0.05) is 27.8 Å². The van der Waals surface area contributed by atoms with Crippen LogP contribution in [0.1, 0.15) is 52.6 Å². The monoisotopic (exact) mass is 418 g/mol. The van der Waals surface area contributed by atoms with Gasteiger partial charge in [-0.2, -0.15) is 0 Å². The molecule has 0 atom stereocenters. The van der Waals surface area contributed by atoms with Gasteiger partial charge in [-0.05, 0) is 24.3 Å². The lowest BCUT2D eigenvalue weighted by molar-refractivity contribution is 0.0472. The standard InChI is InChI=1S/C24H15FO6/c1-30-20-10-9-13(11-18(20)25)19(26)12-31-24(29)17-8-4-7-16-21(17)23(28)15-6-3-2-5-14(15)22(16)27/h2-11H,12H2,1H3. The lowest BCUT2D eigenvalue weighted by Gasteiger charge is -2.19. The Balaban J connectivity index is 1.58. The van der Waals surface area contributed by atoms with Gasteiger partial charge in [0.1, 0.15) is 0 Å². The number of hydrogen-bond donors (Lipinski definition) is 0. The maximum Gasteiger partial charge on any atom is 0.339 e. The summed E-state index contributed by atoms with van der Waals surface area (Å²) in [5, 5.41) is 0. The molecule has 0 heterocycles. The lowest BCUT2D eigenvalue weighted by Crippen LogP contribution is -2.25. The molecule has 3 aromatic carbocycles. The quantitative estimate of drug-likeness (QED) is 0.363. The van der Waals surface area contributed by atoms with Gasteiger partial charge in [0.25, 0.3) is 0 Å². The average molecular weight is 418 g/mol. The predicted octanol–water partition coefficient (Wildman–Crippen LogP) is 3.65. The zero-order chi connectivity index (χ0) is 22.1. The van der Waals surface area contributed by atoms with E-state index >= 15 is 0 Å². The third kappa shape index (κ3) is 3.50. The summed E-state index contributed by atoms with van der Waals surface area (Å²) in [4.78, 5) is 50.7. The highest BCUT2D eigenvalue weighted by molar-refractivity contribution is 6.30. The second-order valence-electron chi connectivity index (χ2n) is 6.78. The maximum absolute atomic E-state index is 13.8. The third-order valence-electron chi connectivity index (χ3n) is 4.98. The minimum Gasteiger partial charge on any atom is -0.494 e. The number of rotatable bonds is 5. The highest BCUT2D eigenvalue weighted by Crippen LogP contribution is 2.30. The number of carbonyl (C=O) groups excluding carboxylic acids is 4. The molecule has 154 valence electrons. The summed E-state index contributed by atoms with van der Waals surface area (Å²) in [6.45, 7) is -0.660. The molecule has 4 rings (SSSR count). The van der Waals surface area contributed by atoms with Crippen molar-refractivity contribution in [2.75, 3.05) is 13.7 Å². The van der Waals surface area contributed by atoms with Crippen molar-refractivity contribution < 1.29 is 33.0 Å². The van der Waals surface area contributed by atoms with E-state index < -0.39 is 30.0 Å². The van der Waals surface area contributed by atoms with Gasteiger partial charge in [0.15, 0.2) is 35.5 Å². The van der Waals surface area contributed by atoms with Crippen LogP contribution >= 0.6 is 0 Å². The molecule has 0 aliphatic heterocycles. The van der Waals surface area contributed by atoms with Crippen molar-refractivity contribution in [1.29, 1.82) is 0 Å². The van der Waals surface area contributed by atoms with Crippen LogP contribution in [0.5, 0.6) is 5.75 Å². The molecule has 1 aliphatic rings. The summed E-state index contributed by atoms with van der Waals surface area (Å²) in [7, 11) is 1.30. The third-order valence-corrected chi connectivity index (χ3v) is 4.98. The van der Waals surface area contributed by atoms with Crippen molar-refractivity contribution in [3.63, 3.8) is 0 Å². The Bertz CT molecular complexity index is 1260. The first-order valence-corrected chi connectivity index (χ1v) is 9.27. The van der Waals surface area contributed by atoms with Gasteiger partial charge in [0.05, 0.1) is 12.7 Å². The molecule has 0 N–H and O–H groups in total. The molecule has 3 aromatic rings. The first kappa shape index (κ1) is 20.2. The Labute approximate surface area is 176 Å². The maximum atomic E-state index is 13.8. The molecule has 6 nitrogen and oxygen atoms in total. The lowest BCUT2D eigenvalue weighted by atomic mass is 9.82. The van der Waals surface area contributed by atoms with E-state index in [2.05, 4.69) is 0 Å². The fourth-order valence-corrected chi connectivity index (χ4v) is 3.45. The highest BCUT2D eigenvalue weighted by Gasteiger charge is 2.33. The molecular formula is C24H15FO6. The van der Waals surface area contributed by atoms with Gasteiger partial charge < -0.3 is 9.47 Å². The minimum absolute atomic E-state index is 0.00127. The summed E-state index contributed by atoms with van der Waals surface area (Å²) in [6, 6.07) is 14.3. The highest BCUT2D eigenvalue weighted by atomic mass is 19.1. The van der Waals surface area contributed by atoms with E-state index in [4.69, 9.17) is 9.47 Å². The van der Waals surface area contributed by atoms with Crippen LogP contribution in [-0.2, 0) is 4.74 Å². The second kappa shape index (κ2) is 7.95. The molecule has 0 saturated carbocycles. The number of benzene rings is 3. The van der Waals surface area contributed by atoms with Crippen LogP contribution in [0.25, 0.3) is 0 Å². The van der Waals surface area contributed by atoms with Crippen molar-refractivity contribution in [2.24, 2.45) is 0 Å². The zero-order valence-corrected chi connectivity index (χ0v) is 16.3. The van der Waals surface area contributed by atoms with Gasteiger partial charge in [0.2, 0.25) is 0 Å². The van der Waals surface area contributed by atoms with Crippen LogP contribution in [0.3, 0.4) is 0 Å². The number of ether oxygens (including phenoxy) is 2. The number of carbonyl (C=O) groups is 4. The van der Waals surface area contributed by atoms with E-state index in [-0.39, 0.29) is 44.9 Å². The molecule has 0 fully saturated rings. The predicted molar refractivity (Wildman–Crippen MR) is 107 cm³/mol. The Kier molecular flexibility index (Phi) is 5.17. The van der Waals surface area contributed by atoms with Gasteiger partial charge >= 0.3 is 5.97 Å². The average Bonchev–Trinajstić information content (AvgIpc) is 2.80. The summed E-state index contributed by atoms with van der Waals surface area (Å²) < 4.78 is 23.7. The molecule has 0 bridgehead atoms. The molecule has 0 amide bonds. The summed E-state index contributed by atoms with van der Waals surface area (Å²) in [5.41, 5.74) is 0.397. The van der Waals surface area contributed by atoms with Crippen molar-refractivity contribution in [2.45, 2.75) is 0 Å². The summed E-state index contributed by atoms with van der Waals surface area (Å²) >= 11 is 0. The fourth-order valence-electron chi connectivity index (χ4n) is 3.45. The van der Waals surface area contributed by atoms with Crippen molar-refractivity contribution in [1.82, 2.24) is 0 Å². The van der Waals surface area contributed by atoms with Crippen molar-refractivity contribution in [3.05, 3.63) is 99.9 Å². The molecule has 0 saturated heterocycles. The number of esters is 1. The van der Waals surface area contributed by atoms with Crippen LogP contribution in [0.4, 0.5) is 4.39 Å². The fraction of sp³-hybridized carbons (Fsp3) is 0.0833. The van der Waals surface area contributed by atoms with E-state index in [0.717, 1.165) is 6.07 Å². The van der Waals surface area contributed by atoms with Crippen LogP contribution in [-0.4, -0.2) is 37.0 Å². The van der Waals surface area contributed by atoms with Crippen molar-refractivity contribution in [3.8, 4) is 5.75 Å². The van der Waals surface area contributed by atoms with E-state index in [1.807, 2.05) is 0 Å². The zero-order valence-electron chi connectivity index (χ0n) is 16.3. The number of methoxy groups -OCH3 is 1. The van der Waals surface area contributed by atoms with E-state index in [1.54, 1.807) is 18.2 Å². The van der Waals surface area contributed by atoms with Gasteiger partial charge in [-0.3, -0.25) is 14.4 Å². The molecule has 0 spiro atoms. The second-order valence-corrected chi connectivity index (χ2v) is 6.78. The number of halogens is 1. The number of fused-ring (bicyclic) bond motifs is 2.